The fraction of sp³-hybridized carbons (Fsp3) is 0.304. The van der Waals surface area contributed by atoms with Gasteiger partial charge in [0, 0.05) is 24.7 Å². The number of methoxy groups -OCH3 is 3. The number of anilines is 1. The molecule has 0 bridgehead atoms. The summed E-state index contributed by atoms with van der Waals surface area (Å²) in [7, 11) is 4.60. The second-order valence-electron chi connectivity index (χ2n) is 6.74. The minimum Gasteiger partial charge on any atom is -0.493 e. The van der Waals surface area contributed by atoms with E-state index in [1.54, 1.807) is 23.1 Å². The summed E-state index contributed by atoms with van der Waals surface area (Å²) in [6, 6.07) is 10.5. The van der Waals surface area contributed by atoms with Gasteiger partial charge in [-0.2, -0.15) is 0 Å². The van der Waals surface area contributed by atoms with Gasteiger partial charge in [0.15, 0.2) is 11.5 Å². The number of likely N-dealkylation sites (N-methyl/N-ethyl adjacent to an activating group) is 1. The number of carbonyl (C=O) groups is 2. The van der Waals surface area contributed by atoms with E-state index in [9.17, 15) is 9.59 Å². The van der Waals surface area contributed by atoms with Crippen LogP contribution in [0, 0.1) is 0 Å². The van der Waals surface area contributed by atoms with E-state index < -0.39 is 6.04 Å². The zero-order chi connectivity index (χ0) is 21.7. The second-order valence-corrected chi connectivity index (χ2v) is 6.74. The number of rotatable bonds is 7. The third-order valence-electron chi connectivity index (χ3n) is 4.97. The Morgan fingerprint density at radius 1 is 1.10 bits per heavy atom. The van der Waals surface area contributed by atoms with Crippen LogP contribution >= 0.6 is 0 Å². The lowest BCUT2D eigenvalue weighted by Gasteiger charge is -2.23. The van der Waals surface area contributed by atoms with E-state index in [2.05, 4.69) is 5.32 Å². The monoisotopic (exact) mass is 410 g/mol. The SMILES string of the molecule is CCNC(=O)[C@@H]1Cc2ccccc2N1C(=O)/C=C\c1cc(OC)c(OC)c(OC)c1. The molecule has 0 aromatic heterocycles. The molecule has 1 atom stereocenters. The van der Waals surface area contributed by atoms with Crippen molar-refractivity contribution in [2.75, 3.05) is 32.8 Å². The number of para-hydroxylation sites is 1. The molecule has 2 amide bonds. The molecule has 3 rings (SSSR count). The van der Waals surface area contributed by atoms with Crippen LogP contribution < -0.4 is 24.4 Å². The molecule has 0 unspecified atom stereocenters. The van der Waals surface area contributed by atoms with Crippen LogP contribution in [-0.2, 0) is 16.0 Å². The highest BCUT2D eigenvalue weighted by atomic mass is 16.5. The molecule has 2 aromatic carbocycles. The molecule has 0 aliphatic carbocycles. The van der Waals surface area contributed by atoms with Crippen molar-refractivity contribution in [2.24, 2.45) is 0 Å². The molecule has 1 heterocycles. The first-order valence-electron chi connectivity index (χ1n) is 9.70. The van der Waals surface area contributed by atoms with E-state index in [1.165, 1.54) is 27.4 Å². The predicted molar refractivity (Wildman–Crippen MR) is 115 cm³/mol. The summed E-state index contributed by atoms with van der Waals surface area (Å²) in [6.45, 7) is 2.37. The van der Waals surface area contributed by atoms with Gasteiger partial charge < -0.3 is 19.5 Å². The molecule has 7 heteroatoms. The van der Waals surface area contributed by atoms with Crippen LogP contribution in [0.3, 0.4) is 0 Å². The molecule has 30 heavy (non-hydrogen) atoms. The fourth-order valence-electron chi connectivity index (χ4n) is 3.61. The normalized spacial score (nSPS) is 15.1. The summed E-state index contributed by atoms with van der Waals surface area (Å²) in [6.07, 6.45) is 3.61. The lowest BCUT2D eigenvalue weighted by atomic mass is 10.1. The van der Waals surface area contributed by atoms with E-state index in [-0.39, 0.29) is 11.8 Å². The predicted octanol–water partition coefficient (Wildman–Crippen LogP) is 2.82. The van der Waals surface area contributed by atoms with Crippen molar-refractivity contribution in [3.63, 3.8) is 0 Å². The molecule has 1 N–H and O–H groups in total. The summed E-state index contributed by atoms with van der Waals surface area (Å²) in [5.74, 6) is 1.03. The number of hydrogen-bond acceptors (Lipinski definition) is 5. The third kappa shape index (κ3) is 4.10. The van der Waals surface area contributed by atoms with Gasteiger partial charge in [-0.25, -0.2) is 0 Å². The Morgan fingerprint density at radius 2 is 1.77 bits per heavy atom. The van der Waals surface area contributed by atoms with Gasteiger partial charge in [-0.3, -0.25) is 14.5 Å². The molecule has 1 aliphatic heterocycles. The van der Waals surface area contributed by atoms with E-state index in [0.717, 1.165) is 11.3 Å². The number of nitrogens with zero attached hydrogens (tertiary/aromatic N) is 1. The highest BCUT2D eigenvalue weighted by Gasteiger charge is 2.37. The van der Waals surface area contributed by atoms with Crippen molar-refractivity contribution < 1.29 is 23.8 Å². The van der Waals surface area contributed by atoms with Crippen LogP contribution in [0.4, 0.5) is 5.69 Å². The van der Waals surface area contributed by atoms with Crippen molar-refractivity contribution >= 4 is 23.6 Å². The average Bonchev–Trinajstić information content (AvgIpc) is 3.16. The van der Waals surface area contributed by atoms with Crippen molar-refractivity contribution in [1.29, 1.82) is 0 Å². The standard InChI is InChI=1S/C23H26N2O5/c1-5-24-23(27)18-14-16-8-6-7-9-17(16)25(18)21(26)11-10-15-12-19(28-2)22(30-4)20(13-15)29-3/h6-13,18H,5,14H2,1-4H3,(H,24,27)/b11-10-/t18-/m0/s1. The van der Waals surface area contributed by atoms with Crippen LogP contribution in [0.2, 0.25) is 0 Å². The van der Waals surface area contributed by atoms with Crippen molar-refractivity contribution in [3.8, 4) is 17.2 Å². The Morgan fingerprint density at radius 3 is 2.37 bits per heavy atom. The van der Waals surface area contributed by atoms with Gasteiger partial charge in [0.05, 0.1) is 21.3 Å². The first-order valence-corrected chi connectivity index (χ1v) is 9.70. The Balaban J connectivity index is 1.91. The van der Waals surface area contributed by atoms with Gasteiger partial charge in [-0.05, 0) is 42.3 Å². The summed E-state index contributed by atoms with van der Waals surface area (Å²) >= 11 is 0. The van der Waals surface area contributed by atoms with Crippen LogP contribution in [0.15, 0.2) is 42.5 Å². The smallest absolute Gasteiger partial charge is 0.251 e. The van der Waals surface area contributed by atoms with Crippen molar-refractivity contribution in [2.45, 2.75) is 19.4 Å². The molecular formula is C23H26N2O5. The quantitative estimate of drug-likeness (QED) is 0.711. The Kier molecular flexibility index (Phi) is 6.61. The lowest BCUT2D eigenvalue weighted by molar-refractivity contribution is -0.124. The number of amides is 2. The third-order valence-corrected chi connectivity index (χ3v) is 4.97. The van der Waals surface area contributed by atoms with Gasteiger partial charge in [-0.15, -0.1) is 0 Å². The Labute approximate surface area is 176 Å². The minimum atomic E-state index is -0.570. The summed E-state index contributed by atoms with van der Waals surface area (Å²) < 4.78 is 16.1. The molecule has 158 valence electrons. The van der Waals surface area contributed by atoms with E-state index in [1.807, 2.05) is 31.2 Å². The van der Waals surface area contributed by atoms with Gasteiger partial charge >= 0.3 is 0 Å². The van der Waals surface area contributed by atoms with Crippen LogP contribution in [0.1, 0.15) is 18.1 Å². The molecule has 0 spiro atoms. The molecular weight excluding hydrogens is 384 g/mol. The number of fused-ring (bicyclic) bond motifs is 1. The number of hydrogen-bond donors (Lipinski definition) is 1. The summed E-state index contributed by atoms with van der Waals surface area (Å²) in [5, 5.41) is 2.82. The number of ether oxygens (including phenoxy) is 3. The molecule has 7 nitrogen and oxygen atoms in total. The Hall–Kier alpha value is -3.48. The first-order chi connectivity index (χ1) is 14.5. The minimum absolute atomic E-state index is 0.164. The number of carbonyl (C=O) groups excluding carboxylic acids is 2. The van der Waals surface area contributed by atoms with Gasteiger partial charge in [0.1, 0.15) is 6.04 Å². The largest absolute Gasteiger partial charge is 0.493 e. The summed E-state index contributed by atoms with van der Waals surface area (Å²) in [4.78, 5) is 27.2. The fourth-order valence-corrected chi connectivity index (χ4v) is 3.61. The van der Waals surface area contributed by atoms with Crippen LogP contribution in [0.25, 0.3) is 6.08 Å². The Bertz CT molecular complexity index is 945. The maximum absolute atomic E-state index is 13.1. The van der Waals surface area contributed by atoms with Crippen molar-refractivity contribution in [1.82, 2.24) is 5.32 Å². The average molecular weight is 410 g/mol. The van der Waals surface area contributed by atoms with Crippen LogP contribution in [-0.4, -0.2) is 45.7 Å². The number of nitrogens with one attached hydrogen (secondary N) is 1. The maximum Gasteiger partial charge on any atom is 0.251 e. The molecule has 0 saturated heterocycles. The van der Waals surface area contributed by atoms with E-state index in [0.29, 0.717) is 35.8 Å². The maximum atomic E-state index is 13.1. The zero-order valence-corrected chi connectivity index (χ0v) is 17.6. The van der Waals surface area contributed by atoms with Gasteiger partial charge in [0.25, 0.3) is 5.91 Å². The van der Waals surface area contributed by atoms with E-state index >= 15 is 0 Å². The highest BCUT2D eigenvalue weighted by Crippen LogP contribution is 2.38. The second kappa shape index (κ2) is 9.35. The molecule has 0 radical (unpaired) electrons. The van der Waals surface area contributed by atoms with Crippen molar-refractivity contribution in [3.05, 3.63) is 53.6 Å². The zero-order valence-electron chi connectivity index (χ0n) is 17.6. The first kappa shape index (κ1) is 21.2. The molecule has 0 saturated carbocycles. The van der Waals surface area contributed by atoms with E-state index in [4.69, 9.17) is 14.2 Å². The number of benzene rings is 2. The topological polar surface area (TPSA) is 77.1 Å². The van der Waals surface area contributed by atoms with Gasteiger partial charge in [0.2, 0.25) is 11.7 Å². The van der Waals surface area contributed by atoms with Gasteiger partial charge in [-0.1, -0.05) is 18.2 Å². The molecule has 1 aliphatic rings. The highest BCUT2D eigenvalue weighted by molar-refractivity contribution is 6.10. The van der Waals surface area contributed by atoms with Crippen LogP contribution in [0.5, 0.6) is 17.2 Å². The lowest BCUT2D eigenvalue weighted by Crippen LogP contribution is -2.47. The molecule has 0 fully saturated rings. The summed E-state index contributed by atoms with van der Waals surface area (Å²) in [5.41, 5.74) is 2.44. The molecule has 2 aromatic rings.